The molecule has 2 amide bonds. The molecule has 1 aliphatic heterocycles. The number of nitrogens with one attached hydrogen (secondary N) is 1. The molecule has 28 heavy (non-hydrogen) atoms. The second kappa shape index (κ2) is 7.89. The van der Waals surface area contributed by atoms with Crippen molar-refractivity contribution in [2.75, 3.05) is 28.2 Å². The minimum absolute atomic E-state index is 0.235. The van der Waals surface area contributed by atoms with E-state index in [1.54, 1.807) is 9.80 Å². The Bertz CT molecular complexity index is 732. The molecule has 7 nitrogen and oxygen atoms in total. The Hall–Kier alpha value is -2.44. The van der Waals surface area contributed by atoms with Crippen molar-refractivity contribution in [3.63, 3.8) is 0 Å². The minimum atomic E-state index is -0.604. The Balaban J connectivity index is 2.41. The number of ether oxygens (including phenoxy) is 2. The Morgan fingerprint density at radius 1 is 0.893 bits per heavy atom. The molecule has 0 bridgehead atoms. The van der Waals surface area contributed by atoms with E-state index in [1.165, 1.54) is 0 Å². The topological polar surface area (TPSA) is 71.1 Å². The molecule has 7 heteroatoms. The molecule has 0 unspecified atom stereocenters. The molecule has 0 fully saturated rings. The van der Waals surface area contributed by atoms with E-state index in [0.29, 0.717) is 24.5 Å². The van der Waals surface area contributed by atoms with Crippen LogP contribution in [0, 0.1) is 0 Å². The van der Waals surface area contributed by atoms with Crippen molar-refractivity contribution in [1.29, 1.82) is 0 Å². The smallest absolute Gasteiger partial charge is 0.414 e. The SMILES string of the molecule is CC(C)Nc1ccc2c(c1)N(C(=O)OC(C)(C)C)CCN2C(=O)OC(C)(C)C. The highest BCUT2D eigenvalue weighted by molar-refractivity contribution is 6.01. The summed E-state index contributed by atoms with van der Waals surface area (Å²) in [7, 11) is 0. The van der Waals surface area contributed by atoms with Crippen LogP contribution in [0.15, 0.2) is 18.2 Å². The molecule has 2 rings (SSSR count). The van der Waals surface area contributed by atoms with Crippen molar-refractivity contribution in [2.24, 2.45) is 0 Å². The van der Waals surface area contributed by atoms with E-state index in [0.717, 1.165) is 5.69 Å². The van der Waals surface area contributed by atoms with Crippen molar-refractivity contribution in [3.05, 3.63) is 18.2 Å². The van der Waals surface area contributed by atoms with Gasteiger partial charge in [-0.1, -0.05) is 0 Å². The molecule has 0 atom stereocenters. The van der Waals surface area contributed by atoms with Crippen molar-refractivity contribution in [3.8, 4) is 0 Å². The van der Waals surface area contributed by atoms with Crippen molar-refractivity contribution >= 4 is 29.2 Å². The average Bonchev–Trinajstić information content (AvgIpc) is 2.49. The number of hydrogen-bond donors (Lipinski definition) is 1. The van der Waals surface area contributed by atoms with Crippen LogP contribution < -0.4 is 15.1 Å². The van der Waals surface area contributed by atoms with Crippen molar-refractivity contribution in [2.45, 2.75) is 72.6 Å². The molecular weight excluding hydrogens is 358 g/mol. The number of fused-ring (bicyclic) bond motifs is 1. The van der Waals surface area contributed by atoms with Crippen LogP contribution in [-0.2, 0) is 9.47 Å². The zero-order valence-electron chi connectivity index (χ0n) is 18.3. The zero-order chi connectivity index (χ0) is 21.3. The maximum atomic E-state index is 12.8. The van der Waals surface area contributed by atoms with E-state index in [1.807, 2.05) is 73.6 Å². The van der Waals surface area contributed by atoms with Gasteiger partial charge in [0.15, 0.2) is 0 Å². The van der Waals surface area contributed by atoms with Crippen LogP contribution in [0.4, 0.5) is 26.7 Å². The molecule has 0 aliphatic carbocycles. The van der Waals surface area contributed by atoms with Gasteiger partial charge < -0.3 is 14.8 Å². The summed E-state index contributed by atoms with van der Waals surface area (Å²) in [6, 6.07) is 5.84. The van der Waals surface area contributed by atoms with E-state index < -0.39 is 23.4 Å². The lowest BCUT2D eigenvalue weighted by Crippen LogP contribution is -2.49. The number of rotatable bonds is 2. The Labute approximate surface area is 168 Å². The van der Waals surface area contributed by atoms with Crippen LogP contribution in [0.3, 0.4) is 0 Å². The van der Waals surface area contributed by atoms with Gasteiger partial charge in [-0.3, -0.25) is 9.80 Å². The quantitative estimate of drug-likeness (QED) is 0.768. The number of amides is 2. The fourth-order valence-electron chi connectivity index (χ4n) is 2.85. The molecule has 1 N–H and O–H groups in total. The summed E-state index contributed by atoms with van der Waals surface area (Å²) >= 11 is 0. The fraction of sp³-hybridized carbons (Fsp3) is 0.619. The van der Waals surface area contributed by atoms with Crippen LogP contribution in [0.5, 0.6) is 0 Å². The summed E-state index contributed by atoms with van der Waals surface area (Å²) in [5, 5.41) is 3.33. The lowest BCUT2D eigenvalue weighted by Gasteiger charge is -2.38. The highest BCUT2D eigenvalue weighted by Crippen LogP contribution is 2.37. The lowest BCUT2D eigenvalue weighted by molar-refractivity contribution is 0.0544. The van der Waals surface area contributed by atoms with Crippen LogP contribution in [-0.4, -0.2) is 42.5 Å². The molecule has 0 saturated carbocycles. The first-order valence-electron chi connectivity index (χ1n) is 9.68. The van der Waals surface area contributed by atoms with Gasteiger partial charge in [-0.25, -0.2) is 9.59 Å². The highest BCUT2D eigenvalue weighted by atomic mass is 16.6. The van der Waals surface area contributed by atoms with E-state index >= 15 is 0 Å². The van der Waals surface area contributed by atoms with E-state index in [-0.39, 0.29) is 6.04 Å². The largest absolute Gasteiger partial charge is 0.443 e. The van der Waals surface area contributed by atoms with Crippen LogP contribution in [0.25, 0.3) is 0 Å². The van der Waals surface area contributed by atoms with E-state index in [9.17, 15) is 9.59 Å². The number of nitrogens with zero attached hydrogens (tertiary/aromatic N) is 2. The standard InChI is InChI=1S/C21H33N3O4/c1-14(2)22-15-9-10-16-17(13-15)24(19(26)28-21(6,7)8)12-11-23(16)18(25)27-20(3,4)5/h9-10,13-14,22H,11-12H2,1-8H3. The van der Waals surface area contributed by atoms with Crippen molar-refractivity contribution in [1.82, 2.24) is 0 Å². The highest BCUT2D eigenvalue weighted by Gasteiger charge is 2.34. The average molecular weight is 392 g/mol. The van der Waals surface area contributed by atoms with Gasteiger partial charge in [0, 0.05) is 24.8 Å². The molecule has 0 spiro atoms. The van der Waals surface area contributed by atoms with Gasteiger partial charge in [0.1, 0.15) is 11.2 Å². The lowest BCUT2D eigenvalue weighted by atomic mass is 10.1. The number of benzene rings is 1. The summed E-state index contributed by atoms with van der Waals surface area (Å²) in [4.78, 5) is 28.6. The molecule has 1 heterocycles. The summed E-state index contributed by atoms with van der Waals surface area (Å²) in [5.74, 6) is 0. The molecular formula is C21H33N3O4. The van der Waals surface area contributed by atoms with Crippen LogP contribution in [0.2, 0.25) is 0 Å². The molecule has 0 radical (unpaired) electrons. The fourth-order valence-corrected chi connectivity index (χ4v) is 2.85. The van der Waals surface area contributed by atoms with Gasteiger partial charge in [-0.05, 0) is 73.6 Å². The Morgan fingerprint density at radius 2 is 1.36 bits per heavy atom. The number of anilines is 3. The summed E-state index contributed by atoms with van der Waals surface area (Å²) < 4.78 is 11.1. The summed E-state index contributed by atoms with van der Waals surface area (Å²) in [6.07, 6.45) is -0.860. The molecule has 1 aromatic carbocycles. The summed E-state index contributed by atoms with van der Waals surface area (Å²) in [6.45, 7) is 15.7. The molecule has 156 valence electrons. The van der Waals surface area contributed by atoms with Crippen LogP contribution >= 0.6 is 0 Å². The monoisotopic (exact) mass is 391 g/mol. The van der Waals surface area contributed by atoms with Crippen molar-refractivity contribution < 1.29 is 19.1 Å². The van der Waals surface area contributed by atoms with Gasteiger partial charge in [0.25, 0.3) is 0 Å². The summed E-state index contributed by atoms with van der Waals surface area (Å²) in [5.41, 5.74) is 0.914. The second-order valence-corrected chi connectivity index (χ2v) is 9.27. The molecule has 0 aromatic heterocycles. The van der Waals surface area contributed by atoms with Gasteiger partial charge in [0.2, 0.25) is 0 Å². The number of carbonyl (C=O) groups excluding carboxylic acids is 2. The van der Waals surface area contributed by atoms with Gasteiger partial charge >= 0.3 is 12.2 Å². The van der Waals surface area contributed by atoms with E-state index in [4.69, 9.17) is 9.47 Å². The third-order valence-electron chi connectivity index (χ3n) is 3.79. The maximum Gasteiger partial charge on any atom is 0.414 e. The zero-order valence-corrected chi connectivity index (χ0v) is 18.3. The first-order chi connectivity index (χ1) is 12.8. The molecule has 1 aliphatic rings. The predicted molar refractivity (Wildman–Crippen MR) is 112 cm³/mol. The van der Waals surface area contributed by atoms with Gasteiger partial charge in [0.05, 0.1) is 11.4 Å². The second-order valence-electron chi connectivity index (χ2n) is 9.27. The first-order valence-corrected chi connectivity index (χ1v) is 9.68. The first kappa shape index (κ1) is 21.9. The Kier molecular flexibility index (Phi) is 6.16. The normalized spacial score (nSPS) is 14.6. The molecule has 1 aromatic rings. The third-order valence-corrected chi connectivity index (χ3v) is 3.79. The number of hydrogen-bond acceptors (Lipinski definition) is 5. The van der Waals surface area contributed by atoms with Gasteiger partial charge in [-0.2, -0.15) is 0 Å². The minimum Gasteiger partial charge on any atom is -0.443 e. The predicted octanol–water partition coefficient (Wildman–Crippen LogP) is 5.00. The van der Waals surface area contributed by atoms with E-state index in [2.05, 4.69) is 5.32 Å². The maximum absolute atomic E-state index is 12.8. The third kappa shape index (κ3) is 5.78. The molecule has 0 saturated heterocycles. The Morgan fingerprint density at radius 3 is 1.79 bits per heavy atom. The van der Waals surface area contributed by atoms with Crippen LogP contribution in [0.1, 0.15) is 55.4 Å². The van der Waals surface area contributed by atoms with Gasteiger partial charge in [-0.15, -0.1) is 0 Å². The number of carbonyl (C=O) groups is 2.